The molecule has 4 heteroatoms. The fraction of sp³-hybridized carbons (Fsp3) is 0.417. The van der Waals surface area contributed by atoms with Crippen LogP contribution in [0.2, 0.25) is 0 Å². The smallest absolute Gasteiger partial charge is 0.180 e. The van der Waals surface area contributed by atoms with Crippen molar-refractivity contribution in [1.82, 2.24) is 0 Å². The Bertz CT molecular complexity index is 402. The number of benzene rings is 1. The molecular weight excluding hydrogens is 209 g/mol. The maximum absolute atomic E-state index is 13.0. The van der Waals surface area contributed by atoms with E-state index in [4.69, 9.17) is 10.5 Å². The maximum Gasteiger partial charge on any atom is 0.180 e. The van der Waals surface area contributed by atoms with Crippen LogP contribution in [0.3, 0.4) is 0 Å². The van der Waals surface area contributed by atoms with E-state index in [0.717, 1.165) is 0 Å². The van der Waals surface area contributed by atoms with Gasteiger partial charge < -0.3 is 10.5 Å². The van der Waals surface area contributed by atoms with Crippen molar-refractivity contribution in [3.05, 3.63) is 29.6 Å². The highest BCUT2D eigenvalue weighted by Gasteiger charge is 2.23. The van der Waals surface area contributed by atoms with Crippen molar-refractivity contribution in [3.63, 3.8) is 0 Å². The molecule has 0 amide bonds. The van der Waals surface area contributed by atoms with Crippen molar-refractivity contribution in [2.45, 2.75) is 12.8 Å². The molecule has 0 aliphatic heterocycles. The summed E-state index contributed by atoms with van der Waals surface area (Å²) in [6.07, 6.45) is 2.34. The van der Waals surface area contributed by atoms with Gasteiger partial charge in [-0.05, 0) is 37.0 Å². The minimum absolute atomic E-state index is 0.136. The summed E-state index contributed by atoms with van der Waals surface area (Å²) in [4.78, 5) is 11.5. The first-order valence-corrected chi connectivity index (χ1v) is 5.36. The maximum atomic E-state index is 13.0. The molecule has 2 rings (SSSR count). The molecule has 1 saturated carbocycles. The van der Waals surface area contributed by atoms with Gasteiger partial charge in [-0.1, -0.05) is 0 Å². The van der Waals surface area contributed by atoms with Crippen LogP contribution in [0.15, 0.2) is 18.2 Å². The zero-order valence-electron chi connectivity index (χ0n) is 8.91. The largest absolute Gasteiger partial charge is 0.493 e. The van der Waals surface area contributed by atoms with Gasteiger partial charge in [0.1, 0.15) is 11.6 Å². The molecule has 16 heavy (non-hydrogen) atoms. The molecule has 1 aliphatic carbocycles. The van der Waals surface area contributed by atoms with Crippen molar-refractivity contribution < 1.29 is 13.9 Å². The van der Waals surface area contributed by atoms with Gasteiger partial charge in [-0.15, -0.1) is 0 Å². The number of Topliss-reactive ketones (excluding diaryl/α,β-unsaturated/α-hetero) is 1. The Morgan fingerprint density at radius 2 is 2.25 bits per heavy atom. The highest BCUT2D eigenvalue weighted by atomic mass is 19.1. The van der Waals surface area contributed by atoms with Crippen molar-refractivity contribution in [1.29, 1.82) is 0 Å². The molecule has 0 bridgehead atoms. The highest BCUT2D eigenvalue weighted by Crippen LogP contribution is 2.30. The molecule has 0 spiro atoms. The summed E-state index contributed by atoms with van der Waals surface area (Å²) < 4.78 is 18.5. The molecule has 0 atom stereocenters. The number of carbonyl (C=O) groups excluding carboxylic acids is 1. The van der Waals surface area contributed by atoms with E-state index >= 15 is 0 Å². The molecule has 1 fully saturated rings. The lowest BCUT2D eigenvalue weighted by Gasteiger charge is -2.09. The predicted octanol–water partition coefficient (Wildman–Crippen LogP) is 1.76. The van der Waals surface area contributed by atoms with Crippen LogP contribution >= 0.6 is 0 Å². The van der Waals surface area contributed by atoms with Crippen LogP contribution in [0.1, 0.15) is 23.2 Å². The SMILES string of the molecule is NCC(=O)c1cc(F)ccc1OCC1CC1. The molecule has 0 aromatic heterocycles. The van der Waals surface area contributed by atoms with E-state index in [9.17, 15) is 9.18 Å². The number of nitrogens with two attached hydrogens (primary N) is 1. The van der Waals surface area contributed by atoms with Crippen LogP contribution in [0.25, 0.3) is 0 Å². The van der Waals surface area contributed by atoms with Crippen LogP contribution in [-0.4, -0.2) is 18.9 Å². The van der Waals surface area contributed by atoms with Crippen molar-refractivity contribution in [2.24, 2.45) is 11.7 Å². The van der Waals surface area contributed by atoms with Gasteiger partial charge in [0, 0.05) is 0 Å². The molecule has 0 unspecified atom stereocenters. The summed E-state index contributed by atoms with van der Waals surface area (Å²) in [6.45, 7) is 0.458. The van der Waals surface area contributed by atoms with Gasteiger partial charge in [-0.25, -0.2) is 4.39 Å². The number of hydrogen-bond acceptors (Lipinski definition) is 3. The molecule has 1 aromatic rings. The number of ether oxygens (including phenoxy) is 1. The summed E-state index contributed by atoms with van der Waals surface area (Å²) in [5, 5.41) is 0. The molecule has 0 saturated heterocycles. The van der Waals surface area contributed by atoms with Crippen LogP contribution in [0, 0.1) is 11.7 Å². The summed E-state index contributed by atoms with van der Waals surface area (Å²) >= 11 is 0. The van der Waals surface area contributed by atoms with Crippen molar-refractivity contribution in [2.75, 3.05) is 13.2 Å². The van der Waals surface area contributed by atoms with Crippen molar-refractivity contribution in [3.8, 4) is 5.75 Å². The van der Waals surface area contributed by atoms with Crippen LogP contribution in [0.4, 0.5) is 4.39 Å². The third-order valence-corrected chi connectivity index (χ3v) is 2.60. The minimum Gasteiger partial charge on any atom is -0.493 e. The zero-order valence-corrected chi connectivity index (χ0v) is 8.91. The third kappa shape index (κ3) is 2.58. The van der Waals surface area contributed by atoms with Crippen LogP contribution in [0.5, 0.6) is 5.75 Å². The summed E-state index contributed by atoms with van der Waals surface area (Å²) in [5.41, 5.74) is 5.50. The molecule has 0 radical (unpaired) electrons. The zero-order chi connectivity index (χ0) is 11.5. The van der Waals surface area contributed by atoms with Crippen LogP contribution in [-0.2, 0) is 0 Å². The Morgan fingerprint density at radius 3 is 2.88 bits per heavy atom. The minimum atomic E-state index is -0.449. The molecule has 3 nitrogen and oxygen atoms in total. The van der Waals surface area contributed by atoms with E-state index in [1.165, 1.54) is 31.0 Å². The lowest BCUT2D eigenvalue weighted by molar-refractivity contribution is 0.0996. The molecule has 0 heterocycles. The van der Waals surface area contributed by atoms with E-state index in [1.807, 2.05) is 0 Å². The Kier molecular flexibility index (Phi) is 3.19. The highest BCUT2D eigenvalue weighted by molar-refractivity contribution is 5.99. The predicted molar refractivity (Wildman–Crippen MR) is 58.0 cm³/mol. The lowest BCUT2D eigenvalue weighted by atomic mass is 10.1. The number of hydrogen-bond donors (Lipinski definition) is 1. The molecule has 2 N–H and O–H groups in total. The Hall–Kier alpha value is -1.42. The molecule has 86 valence electrons. The summed E-state index contributed by atoms with van der Waals surface area (Å²) in [6, 6.07) is 3.95. The van der Waals surface area contributed by atoms with E-state index in [2.05, 4.69) is 0 Å². The van der Waals surface area contributed by atoms with Gasteiger partial charge in [-0.3, -0.25) is 4.79 Å². The first-order valence-electron chi connectivity index (χ1n) is 5.36. The number of ketones is 1. The average molecular weight is 223 g/mol. The van der Waals surface area contributed by atoms with Crippen molar-refractivity contribution >= 4 is 5.78 Å². The van der Waals surface area contributed by atoms with E-state index in [1.54, 1.807) is 0 Å². The monoisotopic (exact) mass is 223 g/mol. The third-order valence-electron chi connectivity index (χ3n) is 2.60. The Morgan fingerprint density at radius 1 is 1.50 bits per heavy atom. The number of carbonyl (C=O) groups is 1. The van der Waals surface area contributed by atoms with Gasteiger partial charge >= 0.3 is 0 Å². The first-order chi connectivity index (χ1) is 7.70. The fourth-order valence-electron chi connectivity index (χ4n) is 1.45. The molecule has 1 aliphatic rings. The quantitative estimate of drug-likeness (QED) is 0.774. The first kappa shape index (κ1) is 11.1. The Balaban J connectivity index is 2.16. The van der Waals surface area contributed by atoms with Gasteiger partial charge in [0.25, 0.3) is 0 Å². The number of rotatable bonds is 5. The van der Waals surface area contributed by atoms with E-state index < -0.39 is 5.82 Å². The second-order valence-corrected chi connectivity index (χ2v) is 4.02. The van der Waals surface area contributed by atoms with Gasteiger partial charge in [0.2, 0.25) is 0 Å². The summed E-state index contributed by atoms with van der Waals surface area (Å²) in [7, 11) is 0. The van der Waals surface area contributed by atoms with Gasteiger partial charge in [0.05, 0.1) is 18.7 Å². The standard InChI is InChI=1S/C12H14FNO2/c13-9-3-4-12(16-7-8-1-2-8)10(5-9)11(15)6-14/h3-5,8H,1-2,6-7,14H2. The Labute approximate surface area is 93.4 Å². The molecular formula is C12H14FNO2. The van der Waals surface area contributed by atoms with Gasteiger partial charge in [-0.2, -0.15) is 0 Å². The normalized spacial score (nSPS) is 14.9. The second kappa shape index (κ2) is 4.61. The van der Waals surface area contributed by atoms with E-state index in [0.29, 0.717) is 18.3 Å². The fourth-order valence-corrected chi connectivity index (χ4v) is 1.45. The van der Waals surface area contributed by atoms with Crippen LogP contribution < -0.4 is 10.5 Å². The second-order valence-electron chi connectivity index (χ2n) is 4.02. The van der Waals surface area contributed by atoms with Gasteiger partial charge in [0.15, 0.2) is 5.78 Å². The van der Waals surface area contributed by atoms with E-state index in [-0.39, 0.29) is 17.9 Å². The number of halogens is 1. The average Bonchev–Trinajstić information content (AvgIpc) is 3.10. The summed E-state index contributed by atoms with van der Waals surface area (Å²) in [5.74, 6) is 0.274. The lowest BCUT2D eigenvalue weighted by Crippen LogP contribution is -2.15. The topological polar surface area (TPSA) is 52.3 Å². The molecule has 1 aromatic carbocycles.